The van der Waals surface area contributed by atoms with Crippen LogP contribution in [0.5, 0.6) is 0 Å². The Labute approximate surface area is 115 Å². The van der Waals surface area contributed by atoms with Crippen LogP contribution in [0.2, 0.25) is 0 Å². The molecule has 1 N–H and O–H groups in total. The largest absolute Gasteiger partial charge is 0.376 e. The number of aromatic nitrogens is 2. The summed E-state index contributed by atoms with van der Waals surface area (Å²) < 4.78 is 19.5. The third-order valence-electron chi connectivity index (χ3n) is 3.29. The average molecular weight is 276 g/mol. The van der Waals surface area contributed by atoms with E-state index in [0.717, 1.165) is 17.7 Å². The molecule has 0 aliphatic carbocycles. The zero-order chi connectivity index (χ0) is 13.4. The summed E-state index contributed by atoms with van der Waals surface area (Å²) in [5, 5.41) is 0. The SMILES string of the molecule is Cc1ccc(-c2nc(=S)c3c([nH]2)CCOC3)cc1F. The quantitative estimate of drug-likeness (QED) is 0.812. The number of fused-ring (bicyclic) bond motifs is 1. The van der Waals surface area contributed by atoms with Crippen LogP contribution in [-0.4, -0.2) is 16.6 Å². The highest BCUT2D eigenvalue weighted by molar-refractivity contribution is 7.71. The molecule has 98 valence electrons. The van der Waals surface area contributed by atoms with E-state index in [1.165, 1.54) is 6.07 Å². The second-order valence-electron chi connectivity index (χ2n) is 4.61. The van der Waals surface area contributed by atoms with Gasteiger partial charge in [0.05, 0.1) is 13.2 Å². The predicted octanol–water partition coefficient (Wildman–Crippen LogP) is 3.33. The molecule has 0 saturated heterocycles. The monoisotopic (exact) mass is 276 g/mol. The van der Waals surface area contributed by atoms with Crippen LogP contribution < -0.4 is 0 Å². The predicted molar refractivity (Wildman–Crippen MR) is 72.9 cm³/mol. The first-order valence-electron chi connectivity index (χ1n) is 6.11. The van der Waals surface area contributed by atoms with E-state index < -0.39 is 0 Å². The number of H-pyrrole nitrogens is 1. The number of ether oxygens (including phenoxy) is 1. The first kappa shape index (κ1) is 12.4. The molecular formula is C14H13FN2OS. The molecule has 3 nitrogen and oxygen atoms in total. The molecule has 1 aromatic heterocycles. The fourth-order valence-electron chi connectivity index (χ4n) is 2.13. The lowest BCUT2D eigenvalue weighted by molar-refractivity contribution is 0.108. The van der Waals surface area contributed by atoms with E-state index in [1.807, 2.05) is 6.07 Å². The van der Waals surface area contributed by atoms with Crippen molar-refractivity contribution in [2.75, 3.05) is 6.61 Å². The van der Waals surface area contributed by atoms with Crippen LogP contribution in [0.25, 0.3) is 11.4 Å². The van der Waals surface area contributed by atoms with Crippen molar-refractivity contribution in [1.29, 1.82) is 0 Å². The Balaban J connectivity index is 2.12. The second kappa shape index (κ2) is 4.83. The maximum absolute atomic E-state index is 13.6. The number of nitrogens with zero attached hydrogens (tertiary/aromatic N) is 1. The molecule has 3 rings (SSSR count). The summed E-state index contributed by atoms with van der Waals surface area (Å²) in [5.41, 5.74) is 3.32. The second-order valence-corrected chi connectivity index (χ2v) is 5.00. The van der Waals surface area contributed by atoms with E-state index in [9.17, 15) is 4.39 Å². The van der Waals surface area contributed by atoms with Crippen LogP contribution in [0.4, 0.5) is 4.39 Å². The Kier molecular flexibility index (Phi) is 3.16. The molecule has 0 saturated carbocycles. The molecule has 0 unspecified atom stereocenters. The minimum atomic E-state index is -0.236. The van der Waals surface area contributed by atoms with Gasteiger partial charge in [-0.2, -0.15) is 0 Å². The van der Waals surface area contributed by atoms with E-state index in [0.29, 0.717) is 34.8 Å². The molecular weight excluding hydrogens is 263 g/mol. The number of rotatable bonds is 1. The maximum atomic E-state index is 13.6. The smallest absolute Gasteiger partial charge is 0.139 e. The Morgan fingerprint density at radius 3 is 3.05 bits per heavy atom. The normalized spacial score (nSPS) is 14.2. The van der Waals surface area contributed by atoms with Gasteiger partial charge in [-0.15, -0.1) is 0 Å². The van der Waals surface area contributed by atoms with Gasteiger partial charge in [-0.05, 0) is 18.6 Å². The van der Waals surface area contributed by atoms with Gasteiger partial charge in [-0.1, -0.05) is 24.4 Å². The van der Waals surface area contributed by atoms with Gasteiger partial charge >= 0.3 is 0 Å². The molecule has 0 spiro atoms. The van der Waals surface area contributed by atoms with Crippen molar-refractivity contribution in [3.8, 4) is 11.4 Å². The number of hydrogen-bond acceptors (Lipinski definition) is 3. The van der Waals surface area contributed by atoms with Crippen LogP contribution in [-0.2, 0) is 17.8 Å². The van der Waals surface area contributed by atoms with Crippen molar-refractivity contribution in [1.82, 2.24) is 9.97 Å². The van der Waals surface area contributed by atoms with Gasteiger partial charge in [0.25, 0.3) is 0 Å². The molecule has 1 aliphatic rings. The first-order valence-corrected chi connectivity index (χ1v) is 6.52. The van der Waals surface area contributed by atoms with Crippen molar-refractivity contribution in [3.05, 3.63) is 45.5 Å². The zero-order valence-corrected chi connectivity index (χ0v) is 11.3. The minimum Gasteiger partial charge on any atom is -0.376 e. The van der Waals surface area contributed by atoms with Crippen LogP contribution in [0, 0.1) is 17.4 Å². The van der Waals surface area contributed by atoms with E-state index in [-0.39, 0.29) is 5.82 Å². The summed E-state index contributed by atoms with van der Waals surface area (Å²) in [6.07, 6.45) is 0.781. The maximum Gasteiger partial charge on any atom is 0.139 e. The number of hydrogen-bond donors (Lipinski definition) is 1. The van der Waals surface area contributed by atoms with Crippen molar-refractivity contribution in [2.45, 2.75) is 20.0 Å². The van der Waals surface area contributed by atoms with Gasteiger partial charge in [0.1, 0.15) is 16.3 Å². The third-order valence-corrected chi connectivity index (χ3v) is 3.63. The van der Waals surface area contributed by atoms with Crippen molar-refractivity contribution < 1.29 is 9.13 Å². The molecule has 2 aromatic rings. The van der Waals surface area contributed by atoms with Crippen LogP contribution in [0.1, 0.15) is 16.8 Å². The molecule has 1 aromatic carbocycles. The van der Waals surface area contributed by atoms with E-state index >= 15 is 0 Å². The fourth-order valence-corrected chi connectivity index (χ4v) is 2.41. The molecule has 0 amide bonds. The van der Waals surface area contributed by atoms with Crippen LogP contribution in [0.3, 0.4) is 0 Å². The molecule has 0 atom stereocenters. The number of nitrogens with one attached hydrogen (secondary N) is 1. The molecule has 19 heavy (non-hydrogen) atoms. The summed E-state index contributed by atoms with van der Waals surface area (Å²) >= 11 is 5.28. The van der Waals surface area contributed by atoms with Gasteiger partial charge in [-0.3, -0.25) is 0 Å². The Bertz CT molecular complexity index is 696. The highest BCUT2D eigenvalue weighted by Gasteiger charge is 2.14. The van der Waals surface area contributed by atoms with Gasteiger partial charge in [-0.25, -0.2) is 9.37 Å². The summed E-state index contributed by atoms with van der Waals surface area (Å²) in [6.45, 7) is 2.91. The molecule has 0 radical (unpaired) electrons. The van der Waals surface area contributed by atoms with E-state index in [2.05, 4.69) is 9.97 Å². The van der Waals surface area contributed by atoms with Crippen LogP contribution in [0.15, 0.2) is 18.2 Å². The van der Waals surface area contributed by atoms with Gasteiger partial charge in [0.15, 0.2) is 0 Å². The Morgan fingerprint density at radius 2 is 2.26 bits per heavy atom. The van der Waals surface area contributed by atoms with Gasteiger partial charge in [0.2, 0.25) is 0 Å². The zero-order valence-electron chi connectivity index (χ0n) is 10.5. The lowest BCUT2D eigenvalue weighted by atomic mass is 10.1. The molecule has 0 bridgehead atoms. The van der Waals surface area contributed by atoms with Crippen molar-refractivity contribution in [3.63, 3.8) is 0 Å². The first-order chi connectivity index (χ1) is 9.15. The standard InChI is InChI=1S/C14H13FN2OS/c1-8-2-3-9(6-11(8)15)13-16-12-4-5-18-7-10(12)14(19)17-13/h2-3,6H,4-5,7H2,1H3,(H,16,17,19). The number of aromatic amines is 1. The van der Waals surface area contributed by atoms with Crippen molar-refractivity contribution in [2.24, 2.45) is 0 Å². The van der Waals surface area contributed by atoms with Gasteiger partial charge < -0.3 is 9.72 Å². The number of aryl methyl sites for hydroxylation is 1. The molecule has 5 heteroatoms. The Morgan fingerprint density at radius 1 is 1.42 bits per heavy atom. The highest BCUT2D eigenvalue weighted by Crippen LogP contribution is 2.22. The summed E-state index contributed by atoms with van der Waals surface area (Å²) in [7, 11) is 0. The number of halogens is 1. The Hall–Kier alpha value is -1.59. The van der Waals surface area contributed by atoms with Crippen molar-refractivity contribution >= 4 is 12.2 Å². The summed E-state index contributed by atoms with van der Waals surface area (Å²) in [5.74, 6) is 0.379. The lowest BCUT2D eigenvalue weighted by Crippen LogP contribution is -2.14. The molecule has 1 aliphatic heterocycles. The number of benzene rings is 1. The summed E-state index contributed by atoms with van der Waals surface area (Å²) in [6, 6.07) is 5.07. The minimum absolute atomic E-state index is 0.236. The average Bonchev–Trinajstić information content (AvgIpc) is 2.42. The lowest BCUT2D eigenvalue weighted by Gasteiger charge is -2.17. The summed E-state index contributed by atoms with van der Waals surface area (Å²) in [4.78, 5) is 7.58. The molecule has 0 fully saturated rings. The van der Waals surface area contributed by atoms with Gasteiger partial charge in [0, 0.05) is 23.2 Å². The third kappa shape index (κ3) is 2.31. The van der Waals surface area contributed by atoms with E-state index in [4.69, 9.17) is 17.0 Å². The van der Waals surface area contributed by atoms with Crippen LogP contribution >= 0.6 is 12.2 Å². The highest BCUT2D eigenvalue weighted by atomic mass is 32.1. The fraction of sp³-hybridized carbons (Fsp3) is 0.286. The molecule has 2 heterocycles. The topological polar surface area (TPSA) is 37.9 Å². The van der Waals surface area contributed by atoms with E-state index in [1.54, 1.807) is 13.0 Å².